The van der Waals surface area contributed by atoms with Gasteiger partial charge < -0.3 is 14.4 Å². The van der Waals surface area contributed by atoms with Crippen LogP contribution in [0.15, 0.2) is 46.5 Å². The van der Waals surface area contributed by atoms with Crippen molar-refractivity contribution in [3.8, 4) is 0 Å². The van der Waals surface area contributed by atoms with E-state index >= 15 is 0 Å². The number of hydrogen-bond acceptors (Lipinski definition) is 8. The Hall–Kier alpha value is -3.14. The Bertz CT molecular complexity index is 1030. The second-order valence-corrected chi connectivity index (χ2v) is 6.98. The van der Waals surface area contributed by atoms with Gasteiger partial charge in [-0.1, -0.05) is 23.9 Å². The Kier molecular flexibility index (Phi) is 6.65. The molecule has 152 valence electrons. The van der Waals surface area contributed by atoms with Gasteiger partial charge in [0, 0.05) is 0 Å². The topological polar surface area (TPSA) is 108 Å². The number of para-hydroxylation sites is 1. The first-order valence-electron chi connectivity index (χ1n) is 8.91. The van der Waals surface area contributed by atoms with Gasteiger partial charge in [0.05, 0.1) is 47.2 Å². The number of hydrogen-bond donors (Lipinski definition) is 0. The maximum Gasteiger partial charge on any atom is 0.333 e. The van der Waals surface area contributed by atoms with Crippen LogP contribution in [-0.2, 0) is 30.4 Å². The van der Waals surface area contributed by atoms with Crippen molar-refractivity contribution in [3.63, 3.8) is 0 Å². The number of fused-ring (bicyclic) bond motifs is 1. The average molecular weight is 417 g/mol. The maximum atomic E-state index is 12.4. The molecule has 0 saturated carbocycles. The Morgan fingerprint density at radius 1 is 1.24 bits per heavy atom. The highest BCUT2D eigenvalue weighted by Crippen LogP contribution is 2.28. The van der Waals surface area contributed by atoms with Crippen molar-refractivity contribution in [2.75, 3.05) is 25.5 Å². The molecule has 29 heavy (non-hydrogen) atoms. The number of carbonyl (C=O) groups is 3. The zero-order valence-corrected chi connectivity index (χ0v) is 16.5. The van der Waals surface area contributed by atoms with Crippen molar-refractivity contribution in [1.29, 1.82) is 0 Å². The molecular weight excluding hydrogens is 398 g/mol. The smallest absolute Gasteiger partial charge is 0.333 e. The molecule has 0 atom stereocenters. The minimum absolute atomic E-state index is 0.0684. The Balaban J connectivity index is 1.57. The Labute approximate surface area is 170 Å². The fourth-order valence-corrected chi connectivity index (χ4v) is 3.66. The predicted octanol–water partition coefficient (Wildman–Crippen LogP) is 0.920. The highest BCUT2D eigenvalue weighted by Gasteiger charge is 2.27. The van der Waals surface area contributed by atoms with Crippen molar-refractivity contribution in [1.82, 2.24) is 14.5 Å². The van der Waals surface area contributed by atoms with Crippen LogP contribution in [0.4, 0.5) is 0 Å². The second kappa shape index (κ2) is 9.37. The molecule has 0 radical (unpaired) electrons. The molecule has 1 aliphatic heterocycles. The number of esters is 2. The number of thioether (sulfide) groups is 1. The second-order valence-electron chi connectivity index (χ2n) is 5.98. The standard InChI is InChI=1S/C19H19N3O6S/c1-2-27-17(24)9-16-22(15(23)11-29-16)7-8-28-18(25)10-21-12-20-14-6-4-3-5-13(14)19(21)26/h3-6,9,12H,2,7-8,10-11H2,1H3/b16-9-. The molecule has 0 bridgehead atoms. The van der Waals surface area contributed by atoms with E-state index in [2.05, 4.69) is 4.98 Å². The van der Waals surface area contributed by atoms with Crippen molar-refractivity contribution >= 4 is 40.5 Å². The summed E-state index contributed by atoms with van der Waals surface area (Å²) in [5.41, 5.74) is 0.214. The molecule has 1 fully saturated rings. The molecule has 1 aromatic heterocycles. The van der Waals surface area contributed by atoms with Crippen molar-refractivity contribution in [3.05, 3.63) is 52.1 Å². The van der Waals surface area contributed by atoms with Crippen LogP contribution in [0, 0.1) is 0 Å². The van der Waals surface area contributed by atoms with E-state index in [0.29, 0.717) is 15.9 Å². The quantitative estimate of drug-likeness (QED) is 0.483. The van der Waals surface area contributed by atoms with Crippen molar-refractivity contribution in [2.45, 2.75) is 13.5 Å². The van der Waals surface area contributed by atoms with Gasteiger partial charge in [-0.3, -0.25) is 19.0 Å². The Morgan fingerprint density at radius 2 is 2.03 bits per heavy atom. The lowest BCUT2D eigenvalue weighted by molar-refractivity contribution is -0.145. The molecule has 1 saturated heterocycles. The van der Waals surface area contributed by atoms with Crippen LogP contribution in [0.1, 0.15) is 6.92 Å². The van der Waals surface area contributed by atoms with E-state index in [1.54, 1.807) is 31.2 Å². The summed E-state index contributed by atoms with van der Waals surface area (Å²) in [7, 11) is 0. The third-order valence-corrected chi connectivity index (χ3v) is 5.07. The number of amides is 1. The molecule has 1 aromatic carbocycles. The molecule has 0 unspecified atom stereocenters. The van der Waals surface area contributed by atoms with E-state index in [9.17, 15) is 19.2 Å². The van der Waals surface area contributed by atoms with E-state index < -0.39 is 11.9 Å². The van der Waals surface area contributed by atoms with E-state index in [4.69, 9.17) is 9.47 Å². The van der Waals surface area contributed by atoms with Gasteiger partial charge in [-0.2, -0.15) is 0 Å². The summed E-state index contributed by atoms with van der Waals surface area (Å²) in [5.74, 6) is -1.14. The normalized spacial score (nSPS) is 15.1. The summed E-state index contributed by atoms with van der Waals surface area (Å²) in [6.07, 6.45) is 2.55. The fraction of sp³-hybridized carbons (Fsp3) is 0.316. The van der Waals surface area contributed by atoms with Gasteiger partial charge in [0.1, 0.15) is 13.2 Å². The molecule has 0 aliphatic carbocycles. The van der Waals surface area contributed by atoms with Gasteiger partial charge >= 0.3 is 11.9 Å². The monoisotopic (exact) mass is 417 g/mol. The average Bonchev–Trinajstić information content (AvgIpc) is 3.04. The first-order chi connectivity index (χ1) is 14.0. The third kappa shape index (κ3) is 5.02. The number of aromatic nitrogens is 2. The van der Waals surface area contributed by atoms with Crippen LogP contribution >= 0.6 is 11.8 Å². The van der Waals surface area contributed by atoms with Gasteiger partial charge in [0.2, 0.25) is 5.91 Å². The number of carbonyl (C=O) groups excluding carboxylic acids is 3. The summed E-state index contributed by atoms with van der Waals surface area (Å²) in [6, 6.07) is 6.85. The molecule has 9 nitrogen and oxygen atoms in total. The maximum absolute atomic E-state index is 12.4. The highest BCUT2D eigenvalue weighted by atomic mass is 32.2. The van der Waals surface area contributed by atoms with E-state index in [1.807, 2.05) is 0 Å². The SMILES string of the molecule is CCOC(=O)/C=C1\SCC(=O)N1CCOC(=O)Cn1cnc2ccccc2c1=O. The molecular formula is C19H19N3O6S. The lowest BCUT2D eigenvalue weighted by Crippen LogP contribution is -2.31. The Morgan fingerprint density at radius 3 is 2.83 bits per heavy atom. The van der Waals surface area contributed by atoms with Crippen LogP contribution in [0.25, 0.3) is 10.9 Å². The molecule has 10 heteroatoms. The van der Waals surface area contributed by atoms with Gasteiger partial charge in [0.15, 0.2) is 0 Å². The number of benzene rings is 1. The minimum atomic E-state index is -0.626. The predicted molar refractivity (Wildman–Crippen MR) is 106 cm³/mol. The van der Waals surface area contributed by atoms with Crippen molar-refractivity contribution in [2.24, 2.45) is 0 Å². The number of rotatable bonds is 7. The molecule has 2 aromatic rings. The van der Waals surface area contributed by atoms with Gasteiger partial charge in [-0.25, -0.2) is 9.78 Å². The number of ether oxygens (including phenoxy) is 2. The van der Waals surface area contributed by atoms with Crippen molar-refractivity contribution < 1.29 is 23.9 Å². The molecule has 1 aliphatic rings. The zero-order chi connectivity index (χ0) is 20.8. The summed E-state index contributed by atoms with van der Waals surface area (Å²) in [5, 5.41) is 0.871. The summed E-state index contributed by atoms with van der Waals surface area (Å²) in [6.45, 7) is 1.68. The van der Waals surface area contributed by atoms with Crippen LogP contribution in [0.5, 0.6) is 0 Å². The van der Waals surface area contributed by atoms with Crippen LogP contribution in [-0.4, -0.2) is 57.8 Å². The lowest BCUT2D eigenvalue weighted by atomic mass is 10.2. The lowest BCUT2D eigenvalue weighted by Gasteiger charge is -2.17. The zero-order valence-electron chi connectivity index (χ0n) is 15.7. The fourth-order valence-electron chi connectivity index (χ4n) is 2.71. The molecule has 2 heterocycles. The summed E-state index contributed by atoms with van der Waals surface area (Å²) >= 11 is 1.22. The first-order valence-corrected chi connectivity index (χ1v) is 9.89. The first kappa shape index (κ1) is 20.6. The molecule has 1 amide bonds. The highest BCUT2D eigenvalue weighted by molar-refractivity contribution is 8.04. The summed E-state index contributed by atoms with van der Waals surface area (Å²) < 4.78 is 11.2. The van der Waals surface area contributed by atoms with Gasteiger partial charge in [-0.05, 0) is 19.1 Å². The van der Waals surface area contributed by atoms with E-state index in [1.165, 1.54) is 33.6 Å². The largest absolute Gasteiger partial charge is 0.463 e. The molecule has 0 spiro atoms. The van der Waals surface area contributed by atoms with Crippen LogP contribution in [0.2, 0.25) is 0 Å². The van der Waals surface area contributed by atoms with E-state index in [-0.39, 0.29) is 43.5 Å². The van der Waals surface area contributed by atoms with Crippen LogP contribution in [0.3, 0.4) is 0 Å². The van der Waals surface area contributed by atoms with Gasteiger partial charge in [0.25, 0.3) is 5.56 Å². The minimum Gasteiger partial charge on any atom is -0.463 e. The van der Waals surface area contributed by atoms with Gasteiger partial charge in [-0.15, -0.1) is 0 Å². The molecule has 3 rings (SSSR count). The third-order valence-electron chi connectivity index (χ3n) is 4.05. The van der Waals surface area contributed by atoms with E-state index in [0.717, 1.165) is 0 Å². The molecule has 0 N–H and O–H groups in total. The number of nitrogens with zero attached hydrogens (tertiary/aromatic N) is 3. The summed E-state index contributed by atoms with van der Waals surface area (Å²) in [4.78, 5) is 53.6. The van der Waals surface area contributed by atoms with Crippen LogP contribution < -0.4 is 5.56 Å².